The van der Waals surface area contributed by atoms with Crippen LogP contribution in [0.3, 0.4) is 0 Å². The number of fused-ring (bicyclic) bond motifs is 1. The molecular weight excluding hydrogens is 389 g/mol. The quantitative estimate of drug-likeness (QED) is 0.497. The van der Waals surface area contributed by atoms with Crippen LogP contribution >= 0.6 is 12.2 Å². The van der Waals surface area contributed by atoms with Gasteiger partial charge in [0, 0.05) is 5.56 Å². The van der Waals surface area contributed by atoms with Crippen molar-refractivity contribution < 1.29 is 14.0 Å². The van der Waals surface area contributed by atoms with Gasteiger partial charge in [-0.15, -0.1) is 0 Å². The number of nitrogens with one attached hydrogen (secondary N) is 1. The van der Waals surface area contributed by atoms with Gasteiger partial charge in [0.25, 0.3) is 0 Å². The topological polar surface area (TPSA) is 49.3 Å². The highest BCUT2D eigenvalue weighted by molar-refractivity contribution is 7.71. The molecule has 29 heavy (non-hydrogen) atoms. The minimum Gasteiger partial charge on any atom is -0.497 e. The molecule has 4 rings (SSSR count). The predicted octanol–water partition coefficient (Wildman–Crippen LogP) is 2.77. The fourth-order valence-electron chi connectivity index (χ4n) is 3.31. The molecule has 1 aromatic heterocycles. The molecule has 0 bridgehead atoms. The molecule has 1 unspecified atom stereocenters. The molecule has 3 aromatic carbocycles. The van der Waals surface area contributed by atoms with Gasteiger partial charge in [-0.2, -0.15) is 9.36 Å². The van der Waals surface area contributed by atoms with Crippen molar-refractivity contribution in [2.75, 3.05) is 14.2 Å². The standard InChI is InChI=1S/C21H20FN5OS/c1-25(13-15-6-7-17-11-20(28-2)9-8-16(17)10-15)14-26-21(29)27(24-23-26)19-5-3-4-18(22)12-19/h3-12H,13-14H2,1-2H3/p+1. The Morgan fingerprint density at radius 3 is 2.62 bits per heavy atom. The lowest BCUT2D eigenvalue weighted by molar-refractivity contribution is -0.917. The molecule has 0 saturated carbocycles. The number of aromatic nitrogens is 4. The number of hydrogen-bond acceptors (Lipinski definition) is 4. The van der Waals surface area contributed by atoms with E-state index in [1.165, 1.54) is 32.7 Å². The summed E-state index contributed by atoms with van der Waals surface area (Å²) in [4.78, 5) is 1.19. The third kappa shape index (κ3) is 4.18. The van der Waals surface area contributed by atoms with Gasteiger partial charge in [-0.3, -0.25) is 0 Å². The number of ether oxygens (including phenoxy) is 1. The maximum atomic E-state index is 13.5. The summed E-state index contributed by atoms with van der Waals surface area (Å²) in [5.74, 6) is 0.513. The van der Waals surface area contributed by atoms with E-state index in [1.807, 2.05) is 12.1 Å². The van der Waals surface area contributed by atoms with Crippen LogP contribution in [0.1, 0.15) is 5.56 Å². The van der Waals surface area contributed by atoms with Crippen molar-refractivity contribution in [1.29, 1.82) is 0 Å². The molecule has 6 nitrogen and oxygen atoms in total. The van der Waals surface area contributed by atoms with E-state index in [9.17, 15) is 4.39 Å². The highest BCUT2D eigenvalue weighted by atomic mass is 32.1. The van der Waals surface area contributed by atoms with E-state index in [4.69, 9.17) is 17.0 Å². The van der Waals surface area contributed by atoms with Gasteiger partial charge in [-0.1, -0.05) is 24.3 Å². The Balaban J connectivity index is 1.49. The lowest BCUT2D eigenvalue weighted by Crippen LogP contribution is -3.07. The number of rotatable bonds is 6. The molecule has 0 spiro atoms. The number of quaternary nitrogens is 1. The number of halogens is 1. The van der Waals surface area contributed by atoms with Gasteiger partial charge in [0.2, 0.25) is 4.77 Å². The van der Waals surface area contributed by atoms with Crippen molar-refractivity contribution in [3.8, 4) is 11.4 Å². The first-order valence-corrected chi connectivity index (χ1v) is 9.61. The number of tetrazole rings is 1. The maximum absolute atomic E-state index is 13.5. The highest BCUT2D eigenvalue weighted by Gasteiger charge is 2.11. The van der Waals surface area contributed by atoms with Crippen LogP contribution in [0.4, 0.5) is 4.39 Å². The van der Waals surface area contributed by atoms with Gasteiger partial charge in [-0.05, 0) is 69.8 Å². The second kappa shape index (κ2) is 8.10. The Morgan fingerprint density at radius 1 is 1.03 bits per heavy atom. The molecule has 0 aliphatic carbocycles. The largest absolute Gasteiger partial charge is 0.497 e. The summed E-state index contributed by atoms with van der Waals surface area (Å²) >= 11 is 5.47. The summed E-state index contributed by atoms with van der Waals surface area (Å²) in [5, 5.41) is 10.5. The van der Waals surface area contributed by atoms with Crippen molar-refractivity contribution in [3.05, 3.63) is 76.8 Å². The Kier molecular flexibility index (Phi) is 5.37. The van der Waals surface area contributed by atoms with E-state index in [-0.39, 0.29) is 5.82 Å². The van der Waals surface area contributed by atoms with Crippen molar-refractivity contribution in [2.24, 2.45) is 0 Å². The van der Waals surface area contributed by atoms with E-state index in [1.54, 1.807) is 23.9 Å². The van der Waals surface area contributed by atoms with Gasteiger partial charge in [0.1, 0.15) is 18.1 Å². The SMILES string of the molecule is COc1ccc2cc(C[NH+](C)Cn3nnn(-c4cccc(F)c4)c3=S)ccc2c1. The first kappa shape index (κ1) is 19.2. The Hall–Kier alpha value is -3.10. The fourth-order valence-corrected chi connectivity index (χ4v) is 3.56. The van der Waals surface area contributed by atoms with Crippen LogP contribution in [0, 0.1) is 10.6 Å². The molecule has 148 valence electrons. The Morgan fingerprint density at radius 2 is 1.83 bits per heavy atom. The fraction of sp³-hybridized carbons (Fsp3) is 0.190. The van der Waals surface area contributed by atoms with Crippen LogP contribution in [-0.2, 0) is 13.2 Å². The van der Waals surface area contributed by atoms with Crippen molar-refractivity contribution in [2.45, 2.75) is 13.2 Å². The lowest BCUT2D eigenvalue weighted by atomic mass is 10.1. The molecule has 1 atom stereocenters. The van der Waals surface area contributed by atoms with Crippen LogP contribution in [-0.4, -0.2) is 33.9 Å². The van der Waals surface area contributed by atoms with Gasteiger partial charge >= 0.3 is 0 Å². The first-order chi connectivity index (χ1) is 14.0. The second-order valence-corrected chi connectivity index (χ2v) is 7.36. The third-order valence-corrected chi connectivity index (χ3v) is 5.11. The predicted molar refractivity (Wildman–Crippen MR) is 111 cm³/mol. The van der Waals surface area contributed by atoms with E-state index in [0.29, 0.717) is 17.1 Å². The first-order valence-electron chi connectivity index (χ1n) is 9.20. The smallest absolute Gasteiger partial charge is 0.225 e. The van der Waals surface area contributed by atoms with Crippen LogP contribution in [0.25, 0.3) is 16.5 Å². The molecule has 8 heteroatoms. The maximum Gasteiger partial charge on any atom is 0.225 e. The zero-order valence-electron chi connectivity index (χ0n) is 16.2. The molecule has 1 heterocycles. The van der Waals surface area contributed by atoms with Crippen LogP contribution in [0.15, 0.2) is 60.7 Å². The summed E-state index contributed by atoms with van der Waals surface area (Å²) in [6, 6.07) is 18.6. The molecule has 0 radical (unpaired) electrons. The molecule has 0 saturated heterocycles. The summed E-state index contributed by atoms with van der Waals surface area (Å²) < 4.78 is 22.3. The minimum absolute atomic E-state index is 0.337. The summed E-state index contributed by atoms with van der Waals surface area (Å²) in [7, 11) is 3.74. The Bertz CT molecular complexity index is 1220. The zero-order chi connectivity index (χ0) is 20.4. The van der Waals surface area contributed by atoms with Crippen LogP contribution < -0.4 is 9.64 Å². The molecule has 4 aromatic rings. The van der Waals surface area contributed by atoms with Gasteiger partial charge in [-0.25, -0.2) is 4.39 Å². The number of nitrogens with zero attached hydrogens (tertiary/aromatic N) is 4. The number of benzene rings is 3. The normalized spacial score (nSPS) is 12.2. The summed E-state index contributed by atoms with van der Waals surface area (Å²) in [6.45, 7) is 1.35. The van der Waals surface area contributed by atoms with Gasteiger partial charge in [0.15, 0.2) is 6.67 Å². The van der Waals surface area contributed by atoms with E-state index < -0.39 is 0 Å². The third-order valence-electron chi connectivity index (χ3n) is 4.73. The van der Waals surface area contributed by atoms with Crippen molar-refractivity contribution >= 4 is 23.0 Å². The molecule has 1 N–H and O–H groups in total. The number of hydrogen-bond donors (Lipinski definition) is 1. The van der Waals surface area contributed by atoms with Gasteiger partial charge in [0.05, 0.1) is 19.8 Å². The summed E-state index contributed by atoms with van der Waals surface area (Å²) in [5.41, 5.74) is 1.77. The average Bonchev–Trinajstić information content (AvgIpc) is 3.07. The molecule has 0 fully saturated rings. The highest BCUT2D eigenvalue weighted by Crippen LogP contribution is 2.21. The molecule has 0 aliphatic rings. The average molecular weight is 410 g/mol. The Labute approximate surface area is 172 Å². The minimum atomic E-state index is -0.337. The van der Waals surface area contributed by atoms with E-state index in [0.717, 1.165) is 17.7 Å². The molecule has 0 amide bonds. The van der Waals surface area contributed by atoms with Crippen molar-refractivity contribution in [3.63, 3.8) is 0 Å². The van der Waals surface area contributed by atoms with E-state index >= 15 is 0 Å². The van der Waals surface area contributed by atoms with E-state index in [2.05, 4.69) is 41.7 Å². The van der Waals surface area contributed by atoms with Crippen molar-refractivity contribution in [1.82, 2.24) is 19.8 Å². The zero-order valence-corrected chi connectivity index (χ0v) is 17.0. The second-order valence-electron chi connectivity index (χ2n) is 6.99. The summed E-state index contributed by atoms with van der Waals surface area (Å²) in [6.07, 6.45) is 0. The lowest BCUT2D eigenvalue weighted by Gasteiger charge is -2.14. The monoisotopic (exact) mass is 410 g/mol. The molecular formula is C21H21FN5OS+. The van der Waals surface area contributed by atoms with Crippen LogP contribution in [0.2, 0.25) is 0 Å². The van der Waals surface area contributed by atoms with Crippen LogP contribution in [0.5, 0.6) is 5.75 Å². The molecule has 0 aliphatic heterocycles. The van der Waals surface area contributed by atoms with Gasteiger partial charge < -0.3 is 9.64 Å². The number of methoxy groups -OCH3 is 1.